The zero-order valence-electron chi connectivity index (χ0n) is 7.72. The smallest absolute Gasteiger partial charge is 0.283 e. The number of likely N-dealkylation sites (tertiary alicyclic amines) is 1. The Morgan fingerprint density at radius 3 is 2.75 bits per heavy atom. The molecule has 1 amide bonds. The average Bonchev–Trinajstić information content (AvgIpc) is 2.04. The maximum Gasteiger partial charge on any atom is 0.283 e. The number of hydrogen-bond acceptors (Lipinski definition) is 1. The number of carbonyl (C=O) groups is 1. The average molecular weight is 281 g/mol. The van der Waals surface area contributed by atoms with Crippen molar-refractivity contribution in [1.82, 2.24) is 4.90 Å². The van der Waals surface area contributed by atoms with Crippen LogP contribution in [0.1, 0.15) is 26.7 Å². The molecular formula is C9H16INO. The number of carbonyl (C=O) groups excluding carboxylic acids is 1. The molecule has 3 heteroatoms. The molecule has 1 aliphatic rings. The summed E-state index contributed by atoms with van der Waals surface area (Å²) in [5.41, 5.74) is 0. The minimum Gasteiger partial charge on any atom is -0.334 e. The number of hydrogen-bond donors (Lipinski definition) is 0. The molecule has 0 aromatic heterocycles. The van der Waals surface area contributed by atoms with Crippen LogP contribution < -0.4 is 0 Å². The van der Waals surface area contributed by atoms with Crippen LogP contribution in [0.25, 0.3) is 0 Å². The van der Waals surface area contributed by atoms with Crippen LogP contribution in [0.15, 0.2) is 0 Å². The van der Waals surface area contributed by atoms with E-state index in [1.54, 1.807) is 0 Å². The lowest BCUT2D eigenvalue weighted by atomic mass is 9.88. The SMILES string of the molecule is CC(C)C1CCCN(C(=O)I)C1. The Labute approximate surface area is 87.8 Å². The molecule has 1 unspecified atom stereocenters. The molecule has 0 spiro atoms. The van der Waals surface area contributed by atoms with E-state index >= 15 is 0 Å². The first kappa shape index (κ1) is 10.3. The largest absolute Gasteiger partial charge is 0.334 e. The lowest BCUT2D eigenvalue weighted by Gasteiger charge is -2.33. The van der Waals surface area contributed by atoms with Gasteiger partial charge in [-0.05, 0) is 24.7 Å². The fraction of sp³-hybridized carbons (Fsp3) is 0.889. The minimum absolute atomic E-state index is 0.206. The summed E-state index contributed by atoms with van der Waals surface area (Å²) in [6.45, 7) is 6.42. The fourth-order valence-electron chi connectivity index (χ4n) is 1.71. The highest BCUT2D eigenvalue weighted by atomic mass is 127. The molecule has 1 atom stereocenters. The Morgan fingerprint density at radius 2 is 2.25 bits per heavy atom. The van der Waals surface area contributed by atoms with E-state index in [4.69, 9.17) is 0 Å². The maximum atomic E-state index is 11.1. The first-order valence-corrected chi connectivity index (χ1v) is 5.63. The van der Waals surface area contributed by atoms with Crippen molar-refractivity contribution in [2.24, 2.45) is 11.8 Å². The Balaban J connectivity index is 2.46. The molecule has 12 heavy (non-hydrogen) atoms. The fourth-order valence-corrected chi connectivity index (χ4v) is 2.15. The van der Waals surface area contributed by atoms with Crippen LogP contribution in [-0.2, 0) is 0 Å². The predicted molar refractivity (Wildman–Crippen MR) is 58.6 cm³/mol. The summed E-state index contributed by atoms with van der Waals surface area (Å²) in [5.74, 6) is 1.43. The van der Waals surface area contributed by atoms with E-state index < -0.39 is 0 Å². The summed E-state index contributed by atoms with van der Waals surface area (Å²) in [5, 5.41) is 0. The van der Waals surface area contributed by atoms with Crippen molar-refractivity contribution in [2.75, 3.05) is 13.1 Å². The Kier molecular flexibility index (Phi) is 3.80. The van der Waals surface area contributed by atoms with Crippen molar-refractivity contribution in [1.29, 1.82) is 0 Å². The Morgan fingerprint density at radius 1 is 1.58 bits per heavy atom. The summed E-state index contributed by atoms with van der Waals surface area (Å²) < 4.78 is 0.206. The molecule has 0 aliphatic carbocycles. The third-order valence-electron chi connectivity index (χ3n) is 2.65. The zero-order chi connectivity index (χ0) is 9.14. The molecule has 1 heterocycles. The molecule has 1 aliphatic heterocycles. The number of piperidine rings is 1. The van der Waals surface area contributed by atoms with E-state index in [1.165, 1.54) is 12.8 Å². The van der Waals surface area contributed by atoms with Crippen LogP contribution in [0.3, 0.4) is 0 Å². The van der Waals surface area contributed by atoms with E-state index in [9.17, 15) is 4.79 Å². The van der Waals surface area contributed by atoms with Crippen LogP contribution in [0, 0.1) is 11.8 Å². The van der Waals surface area contributed by atoms with Crippen LogP contribution >= 0.6 is 22.6 Å². The molecule has 0 radical (unpaired) electrons. The normalized spacial score (nSPS) is 24.7. The highest BCUT2D eigenvalue weighted by Gasteiger charge is 2.23. The molecule has 0 saturated carbocycles. The molecule has 0 bridgehead atoms. The highest BCUT2D eigenvalue weighted by Crippen LogP contribution is 2.24. The molecule has 1 rings (SSSR count). The second-order valence-corrected chi connectivity index (χ2v) is 4.77. The molecular weight excluding hydrogens is 265 g/mol. The van der Waals surface area contributed by atoms with Crippen molar-refractivity contribution in [3.63, 3.8) is 0 Å². The van der Waals surface area contributed by atoms with Gasteiger partial charge < -0.3 is 4.90 Å². The van der Waals surface area contributed by atoms with Gasteiger partial charge in [-0.2, -0.15) is 0 Å². The van der Waals surface area contributed by atoms with Crippen LogP contribution in [0.5, 0.6) is 0 Å². The highest BCUT2D eigenvalue weighted by molar-refractivity contribution is 14.1. The van der Waals surface area contributed by atoms with Gasteiger partial charge in [0.25, 0.3) is 3.91 Å². The van der Waals surface area contributed by atoms with Crippen LogP contribution in [0.2, 0.25) is 0 Å². The van der Waals surface area contributed by atoms with Gasteiger partial charge in [-0.15, -0.1) is 0 Å². The monoisotopic (exact) mass is 281 g/mol. The molecule has 0 N–H and O–H groups in total. The lowest BCUT2D eigenvalue weighted by Crippen LogP contribution is -2.38. The lowest BCUT2D eigenvalue weighted by molar-refractivity contribution is 0.169. The van der Waals surface area contributed by atoms with Gasteiger partial charge in [0.1, 0.15) is 0 Å². The Hall–Kier alpha value is 0.200. The quantitative estimate of drug-likeness (QED) is 0.411. The summed E-state index contributed by atoms with van der Waals surface area (Å²) in [6, 6.07) is 0. The van der Waals surface area contributed by atoms with Crippen LogP contribution in [0.4, 0.5) is 4.79 Å². The third kappa shape index (κ3) is 2.61. The van der Waals surface area contributed by atoms with Crippen molar-refractivity contribution in [3.05, 3.63) is 0 Å². The second-order valence-electron chi connectivity index (χ2n) is 3.85. The van der Waals surface area contributed by atoms with Gasteiger partial charge in [0.05, 0.1) is 0 Å². The zero-order valence-corrected chi connectivity index (χ0v) is 9.87. The number of amides is 1. The van der Waals surface area contributed by atoms with Gasteiger partial charge in [0.2, 0.25) is 0 Å². The van der Waals surface area contributed by atoms with Crippen molar-refractivity contribution < 1.29 is 4.79 Å². The molecule has 1 fully saturated rings. The summed E-state index contributed by atoms with van der Waals surface area (Å²) in [7, 11) is 0. The van der Waals surface area contributed by atoms with Crippen LogP contribution in [-0.4, -0.2) is 21.9 Å². The molecule has 1 saturated heterocycles. The summed E-state index contributed by atoms with van der Waals surface area (Å²) in [6.07, 6.45) is 2.47. The van der Waals surface area contributed by atoms with Gasteiger partial charge in [-0.1, -0.05) is 13.8 Å². The van der Waals surface area contributed by atoms with Gasteiger partial charge in [0.15, 0.2) is 0 Å². The van der Waals surface area contributed by atoms with E-state index in [0.29, 0.717) is 5.92 Å². The second kappa shape index (κ2) is 4.44. The molecule has 70 valence electrons. The first-order valence-electron chi connectivity index (χ1n) is 4.55. The minimum atomic E-state index is 0.206. The van der Waals surface area contributed by atoms with E-state index in [-0.39, 0.29) is 3.91 Å². The molecule has 2 nitrogen and oxygen atoms in total. The Bertz CT molecular complexity index is 170. The third-order valence-corrected chi connectivity index (χ3v) is 3.33. The van der Waals surface area contributed by atoms with Crippen molar-refractivity contribution in [3.8, 4) is 0 Å². The van der Waals surface area contributed by atoms with Gasteiger partial charge in [0, 0.05) is 35.7 Å². The summed E-state index contributed by atoms with van der Waals surface area (Å²) >= 11 is 1.88. The van der Waals surface area contributed by atoms with E-state index in [1.807, 2.05) is 27.5 Å². The number of halogens is 1. The number of nitrogens with zero attached hydrogens (tertiary/aromatic N) is 1. The van der Waals surface area contributed by atoms with Crippen molar-refractivity contribution in [2.45, 2.75) is 26.7 Å². The van der Waals surface area contributed by atoms with E-state index in [0.717, 1.165) is 19.0 Å². The van der Waals surface area contributed by atoms with Gasteiger partial charge >= 0.3 is 0 Å². The standard InChI is InChI=1S/C9H16INO/c1-7(2)8-4-3-5-11(6-8)9(10)12/h7-8H,3-6H2,1-2H3. The topological polar surface area (TPSA) is 20.3 Å². The predicted octanol–water partition coefficient (Wildman–Crippen LogP) is 2.91. The first-order chi connectivity index (χ1) is 5.61. The summed E-state index contributed by atoms with van der Waals surface area (Å²) in [4.78, 5) is 13.0. The van der Waals surface area contributed by atoms with Gasteiger partial charge in [-0.25, -0.2) is 0 Å². The molecule has 0 aromatic rings. The van der Waals surface area contributed by atoms with Crippen molar-refractivity contribution >= 4 is 26.5 Å². The molecule has 0 aromatic carbocycles. The maximum absolute atomic E-state index is 11.1. The van der Waals surface area contributed by atoms with Gasteiger partial charge in [-0.3, -0.25) is 4.79 Å². The van der Waals surface area contributed by atoms with E-state index in [2.05, 4.69) is 13.8 Å². The number of rotatable bonds is 1.